The first-order valence-corrected chi connectivity index (χ1v) is 8.75. The van der Waals surface area contributed by atoms with Crippen molar-refractivity contribution < 1.29 is 19.1 Å². The number of benzene rings is 2. The molecular formula is C21H24N2O4. The third-order valence-electron chi connectivity index (χ3n) is 4.02. The lowest BCUT2D eigenvalue weighted by atomic mass is 10.1. The molecule has 27 heavy (non-hydrogen) atoms. The van der Waals surface area contributed by atoms with Crippen LogP contribution in [0, 0.1) is 6.92 Å². The quantitative estimate of drug-likeness (QED) is 0.698. The Labute approximate surface area is 158 Å². The van der Waals surface area contributed by atoms with Crippen molar-refractivity contribution in [3.8, 4) is 0 Å². The summed E-state index contributed by atoms with van der Waals surface area (Å²) in [5.41, 5.74) is 2.45. The molecule has 0 saturated heterocycles. The minimum absolute atomic E-state index is 0.0693. The van der Waals surface area contributed by atoms with Gasteiger partial charge in [-0.05, 0) is 24.6 Å². The van der Waals surface area contributed by atoms with Gasteiger partial charge in [0.25, 0.3) is 5.91 Å². The lowest BCUT2D eigenvalue weighted by Crippen LogP contribution is -2.44. The zero-order valence-corrected chi connectivity index (χ0v) is 15.5. The molecule has 0 radical (unpaired) electrons. The Hall–Kier alpha value is -3.15. The van der Waals surface area contributed by atoms with Gasteiger partial charge < -0.3 is 15.4 Å². The van der Waals surface area contributed by atoms with Gasteiger partial charge in [0.05, 0.1) is 7.11 Å². The highest BCUT2D eigenvalue weighted by Crippen LogP contribution is 2.05. The van der Waals surface area contributed by atoms with Crippen LogP contribution >= 0.6 is 0 Å². The molecule has 0 fully saturated rings. The zero-order chi connectivity index (χ0) is 19.6. The number of esters is 1. The van der Waals surface area contributed by atoms with Gasteiger partial charge in [-0.3, -0.25) is 9.59 Å². The van der Waals surface area contributed by atoms with Crippen LogP contribution in [-0.2, 0) is 20.7 Å². The van der Waals surface area contributed by atoms with E-state index in [-0.39, 0.29) is 24.8 Å². The molecule has 2 aromatic rings. The van der Waals surface area contributed by atoms with E-state index in [1.54, 1.807) is 12.1 Å². The first kappa shape index (κ1) is 20.2. The largest absolute Gasteiger partial charge is 0.467 e. The van der Waals surface area contributed by atoms with Crippen molar-refractivity contribution in [1.29, 1.82) is 0 Å². The maximum atomic E-state index is 12.2. The van der Waals surface area contributed by atoms with Crippen molar-refractivity contribution in [1.82, 2.24) is 10.6 Å². The minimum atomic E-state index is -0.766. The fourth-order valence-electron chi connectivity index (χ4n) is 2.63. The average molecular weight is 368 g/mol. The van der Waals surface area contributed by atoms with Crippen LogP contribution < -0.4 is 10.6 Å². The summed E-state index contributed by atoms with van der Waals surface area (Å²) in [5.74, 6) is -1.07. The molecule has 6 heteroatoms. The summed E-state index contributed by atoms with van der Waals surface area (Å²) in [5, 5.41) is 5.38. The number of nitrogens with one attached hydrogen (secondary N) is 2. The van der Waals surface area contributed by atoms with E-state index in [1.807, 2.05) is 49.4 Å². The highest BCUT2D eigenvalue weighted by atomic mass is 16.5. The van der Waals surface area contributed by atoms with Gasteiger partial charge in [-0.25, -0.2) is 4.79 Å². The Kier molecular flexibility index (Phi) is 7.55. The van der Waals surface area contributed by atoms with Gasteiger partial charge in [-0.1, -0.05) is 48.0 Å². The molecule has 0 aliphatic heterocycles. The summed E-state index contributed by atoms with van der Waals surface area (Å²) < 4.78 is 4.77. The van der Waals surface area contributed by atoms with Crippen LogP contribution in [0.4, 0.5) is 0 Å². The van der Waals surface area contributed by atoms with Crippen LogP contribution in [0.1, 0.15) is 27.9 Å². The summed E-state index contributed by atoms with van der Waals surface area (Å²) >= 11 is 0. The van der Waals surface area contributed by atoms with Crippen molar-refractivity contribution in [3.05, 3.63) is 71.3 Å². The van der Waals surface area contributed by atoms with E-state index in [4.69, 9.17) is 4.74 Å². The van der Waals surface area contributed by atoms with E-state index >= 15 is 0 Å². The van der Waals surface area contributed by atoms with Gasteiger partial charge in [0, 0.05) is 24.9 Å². The number of carbonyl (C=O) groups is 3. The number of carbonyl (C=O) groups excluding carboxylic acids is 3. The molecule has 0 aromatic heterocycles. The Morgan fingerprint density at radius 1 is 1.04 bits per heavy atom. The maximum Gasteiger partial charge on any atom is 0.328 e. The zero-order valence-electron chi connectivity index (χ0n) is 15.5. The first-order chi connectivity index (χ1) is 13.0. The van der Waals surface area contributed by atoms with Gasteiger partial charge in [-0.15, -0.1) is 0 Å². The summed E-state index contributed by atoms with van der Waals surface area (Å²) in [6.45, 7) is 2.09. The Bertz CT molecular complexity index is 790. The highest BCUT2D eigenvalue weighted by molar-refractivity contribution is 5.94. The van der Waals surface area contributed by atoms with Gasteiger partial charge >= 0.3 is 5.97 Å². The molecule has 6 nitrogen and oxygen atoms in total. The fourth-order valence-corrected chi connectivity index (χ4v) is 2.63. The van der Waals surface area contributed by atoms with Gasteiger partial charge in [0.2, 0.25) is 5.91 Å². The second kappa shape index (κ2) is 10.1. The third kappa shape index (κ3) is 6.58. The second-order valence-electron chi connectivity index (χ2n) is 6.21. The van der Waals surface area contributed by atoms with E-state index < -0.39 is 12.0 Å². The summed E-state index contributed by atoms with van der Waals surface area (Å²) in [6.07, 6.45) is 0.411. The topological polar surface area (TPSA) is 84.5 Å². The van der Waals surface area contributed by atoms with Crippen LogP contribution in [0.5, 0.6) is 0 Å². The van der Waals surface area contributed by atoms with E-state index in [1.165, 1.54) is 7.11 Å². The van der Waals surface area contributed by atoms with Gasteiger partial charge in [0.15, 0.2) is 0 Å². The molecule has 2 amide bonds. The minimum Gasteiger partial charge on any atom is -0.467 e. The molecule has 2 aromatic carbocycles. The third-order valence-corrected chi connectivity index (χ3v) is 4.02. The maximum absolute atomic E-state index is 12.2. The summed E-state index contributed by atoms with van der Waals surface area (Å²) in [6, 6.07) is 15.8. The van der Waals surface area contributed by atoms with Gasteiger partial charge in [0.1, 0.15) is 6.04 Å². The van der Waals surface area contributed by atoms with E-state index in [0.717, 1.165) is 11.1 Å². The van der Waals surface area contributed by atoms with Crippen molar-refractivity contribution in [2.75, 3.05) is 13.7 Å². The molecule has 142 valence electrons. The molecule has 0 aliphatic rings. The molecule has 0 saturated carbocycles. The number of methoxy groups -OCH3 is 1. The molecule has 0 heterocycles. The molecule has 1 atom stereocenters. The second-order valence-corrected chi connectivity index (χ2v) is 6.21. The van der Waals surface area contributed by atoms with Crippen molar-refractivity contribution in [2.24, 2.45) is 0 Å². The predicted molar refractivity (Wildman–Crippen MR) is 102 cm³/mol. The molecule has 2 N–H and O–H groups in total. The lowest BCUT2D eigenvalue weighted by molar-refractivity contribution is -0.145. The number of aryl methyl sites for hydroxylation is 1. The van der Waals surface area contributed by atoms with Crippen LogP contribution in [0.2, 0.25) is 0 Å². The van der Waals surface area contributed by atoms with E-state index in [2.05, 4.69) is 10.6 Å². The van der Waals surface area contributed by atoms with Crippen molar-refractivity contribution in [3.63, 3.8) is 0 Å². The number of ether oxygens (including phenoxy) is 1. The van der Waals surface area contributed by atoms with E-state index in [0.29, 0.717) is 12.0 Å². The Morgan fingerprint density at radius 3 is 2.44 bits per heavy atom. The lowest BCUT2D eigenvalue weighted by Gasteiger charge is -2.16. The average Bonchev–Trinajstić information content (AvgIpc) is 2.67. The van der Waals surface area contributed by atoms with Gasteiger partial charge in [-0.2, -0.15) is 0 Å². The van der Waals surface area contributed by atoms with Crippen LogP contribution in [0.3, 0.4) is 0 Å². The standard InChI is InChI=1S/C21H24N2O4/c1-15-7-6-10-17(13-15)20(25)22-12-11-19(24)23-18(21(26)27-2)14-16-8-4-3-5-9-16/h3-10,13,18H,11-12,14H2,1-2H3,(H,22,25)(H,23,24). The SMILES string of the molecule is COC(=O)C(Cc1ccccc1)NC(=O)CCNC(=O)c1cccc(C)c1. The molecule has 2 rings (SSSR count). The van der Waals surface area contributed by atoms with Crippen molar-refractivity contribution >= 4 is 17.8 Å². The van der Waals surface area contributed by atoms with E-state index in [9.17, 15) is 14.4 Å². The number of hydrogen-bond acceptors (Lipinski definition) is 4. The molecule has 0 bridgehead atoms. The number of amides is 2. The molecule has 1 unspecified atom stereocenters. The van der Waals surface area contributed by atoms with Crippen LogP contribution in [-0.4, -0.2) is 37.5 Å². The van der Waals surface area contributed by atoms with Crippen LogP contribution in [0.25, 0.3) is 0 Å². The number of rotatable bonds is 8. The molecule has 0 aliphatic carbocycles. The van der Waals surface area contributed by atoms with Crippen molar-refractivity contribution in [2.45, 2.75) is 25.8 Å². The Morgan fingerprint density at radius 2 is 1.78 bits per heavy atom. The highest BCUT2D eigenvalue weighted by Gasteiger charge is 2.21. The molecular weight excluding hydrogens is 344 g/mol. The molecule has 0 spiro atoms. The number of hydrogen-bond donors (Lipinski definition) is 2. The summed E-state index contributed by atoms with van der Waals surface area (Å²) in [7, 11) is 1.29. The fraction of sp³-hybridized carbons (Fsp3) is 0.286. The Balaban J connectivity index is 1.84. The first-order valence-electron chi connectivity index (χ1n) is 8.75. The normalized spacial score (nSPS) is 11.3. The smallest absolute Gasteiger partial charge is 0.328 e. The monoisotopic (exact) mass is 368 g/mol. The summed E-state index contributed by atoms with van der Waals surface area (Å²) in [4.78, 5) is 36.2. The predicted octanol–water partition coefficient (Wildman–Crippen LogP) is 2.02. The van der Waals surface area contributed by atoms with Crippen LogP contribution in [0.15, 0.2) is 54.6 Å².